The first kappa shape index (κ1) is 20.9. The summed E-state index contributed by atoms with van der Waals surface area (Å²) in [5.41, 5.74) is -1.94. The minimum absolute atomic E-state index is 0.00125. The van der Waals surface area contributed by atoms with E-state index in [-0.39, 0.29) is 33.2 Å². The highest BCUT2D eigenvalue weighted by Crippen LogP contribution is 2.68. The van der Waals surface area contributed by atoms with Gasteiger partial charge in [-0.15, -0.1) is 0 Å². The molecular formula is C21H26Br2O5. The first-order chi connectivity index (χ1) is 13.0. The minimum atomic E-state index is -1.62. The third-order valence-electron chi connectivity index (χ3n) is 8.26. The molecule has 3 N–H and O–H groups in total. The second kappa shape index (κ2) is 6.58. The van der Waals surface area contributed by atoms with Gasteiger partial charge in [0.15, 0.2) is 11.6 Å². The number of halogens is 2. The van der Waals surface area contributed by atoms with Crippen LogP contribution in [0.25, 0.3) is 0 Å². The summed E-state index contributed by atoms with van der Waals surface area (Å²) in [4.78, 5) is 24.4. The fraction of sp³-hybridized carbons (Fsp3) is 0.714. The van der Waals surface area contributed by atoms with Crippen LogP contribution in [-0.2, 0) is 9.59 Å². The second-order valence-corrected chi connectivity index (χ2v) is 11.4. The molecule has 0 spiro atoms. The number of hydrogen-bond acceptors (Lipinski definition) is 5. The van der Waals surface area contributed by atoms with E-state index in [1.807, 2.05) is 13.0 Å². The lowest BCUT2D eigenvalue weighted by molar-refractivity contribution is -0.177. The van der Waals surface area contributed by atoms with E-state index in [0.717, 1.165) is 5.57 Å². The molecule has 9 atom stereocenters. The normalized spacial score (nSPS) is 52.5. The van der Waals surface area contributed by atoms with Crippen LogP contribution < -0.4 is 0 Å². The zero-order valence-corrected chi connectivity index (χ0v) is 19.1. The van der Waals surface area contributed by atoms with E-state index < -0.39 is 34.9 Å². The molecule has 4 aliphatic carbocycles. The topological polar surface area (TPSA) is 94.8 Å². The maximum atomic E-state index is 12.5. The highest BCUT2D eigenvalue weighted by Gasteiger charge is 2.70. The van der Waals surface area contributed by atoms with Gasteiger partial charge in [0, 0.05) is 26.4 Å². The van der Waals surface area contributed by atoms with Gasteiger partial charge in [0.2, 0.25) is 0 Å². The third kappa shape index (κ3) is 2.46. The Morgan fingerprint density at radius 3 is 2.64 bits per heavy atom. The standard InChI is InChI=1S/C21H26Br2O5/c1-19-5-3-10(25)7-12(19)17(22)18(23)15-11-4-6-21(28,14(27)9-24)20(11,2)8-13(26)16(15)19/h3,5,7,11,13,15-18,24,26,28H,4,6,8-9H2,1-2H3/t11-,13-,15-,16-,17?,18?,19-,20-,21-/m0/s1. The minimum Gasteiger partial charge on any atom is -0.393 e. The van der Waals surface area contributed by atoms with Crippen LogP contribution in [-0.4, -0.2) is 54.9 Å². The number of hydrogen-bond donors (Lipinski definition) is 3. The van der Waals surface area contributed by atoms with Crippen LogP contribution in [0.15, 0.2) is 23.8 Å². The molecule has 0 amide bonds. The number of carbonyl (C=O) groups excluding carboxylic acids is 2. The number of carbonyl (C=O) groups is 2. The van der Waals surface area contributed by atoms with Gasteiger partial charge in [-0.2, -0.15) is 0 Å². The molecule has 0 heterocycles. The first-order valence-corrected chi connectivity index (χ1v) is 11.6. The largest absolute Gasteiger partial charge is 0.393 e. The highest BCUT2D eigenvalue weighted by atomic mass is 79.9. The van der Waals surface area contributed by atoms with Gasteiger partial charge in [0.1, 0.15) is 12.2 Å². The van der Waals surface area contributed by atoms with Crippen LogP contribution in [0.2, 0.25) is 0 Å². The Morgan fingerprint density at radius 1 is 1.32 bits per heavy atom. The number of fused-ring (bicyclic) bond motifs is 5. The van der Waals surface area contributed by atoms with Crippen LogP contribution >= 0.6 is 31.9 Å². The Morgan fingerprint density at radius 2 is 2.00 bits per heavy atom. The zero-order valence-electron chi connectivity index (χ0n) is 15.9. The summed E-state index contributed by atoms with van der Waals surface area (Å²) in [5.74, 6) is -0.732. The lowest BCUT2D eigenvalue weighted by atomic mass is 9.46. The SMILES string of the molecule is C[C@]12C=CC(=O)C=C1C(Br)C(Br)[C@@H]1[C@@H]2[C@@H](O)C[C@@]2(C)[C@H]1CC[C@]2(O)C(=O)CO. The Labute approximate surface area is 181 Å². The van der Waals surface area contributed by atoms with Crippen LogP contribution in [0.5, 0.6) is 0 Å². The van der Waals surface area contributed by atoms with E-state index in [9.17, 15) is 24.9 Å². The molecule has 154 valence electrons. The van der Waals surface area contributed by atoms with Gasteiger partial charge < -0.3 is 15.3 Å². The molecule has 0 aromatic carbocycles. The van der Waals surface area contributed by atoms with Gasteiger partial charge in [0.05, 0.1) is 6.10 Å². The quantitative estimate of drug-likeness (QED) is 0.488. The van der Waals surface area contributed by atoms with E-state index in [2.05, 4.69) is 38.8 Å². The van der Waals surface area contributed by atoms with Crippen LogP contribution in [0.4, 0.5) is 0 Å². The summed E-state index contributed by atoms with van der Waals surface area (Å²) in [6.45, 7) is 3.25. The monoisotopic (exact) mass is 516 g/mol. The summed E-state index contributed by atoms with van der Waals surface area (Å²) in [7, 11) is 0. The van der Waals surface area contributed by atoms with Crippen molar-refractivity contribution in [1.29, 1.82) is 0 Å². The van der Waals surface area contributed by atoms with E-state index in [0.29, 0.717) is 19.3 Å². The van der Waals surface area contributed by atoms with Crippen molar-refractivity contribution in [3.63, 3.8) is 0 Å². The van der Waals surface area contributed by atoms with Gasteiger partial charge in [-0.05, 0) is 48.8 Å². The lowest BCUT2D eigenvalue weighted by Crippen LogP contribution is -2.65. The van der Waals surface area contributed by atoms with Crippen LogP contribution in [0.3, 0.4) is 0 Å². The molecule has 28 heavy (non-hydrogen) atoms. The number of aliphatic hydroxyl groups excluding tert-OH is 2. The second-order valence-electron chi connectivity index (χ2n) is 9.34. The van der Waals surface area contributed by atoms with Gasteiger partial charge >= 0.3 is 0 Å². The molecule has 4 aliphatic rings. The van der Waals surface area contributed by atoms with Gasteiger partial charge in [-0.25, -0.2) is 0 Å². The van der Waals surface area contributed by atoms with Crippen molar-refractivity contribution in [3.05, 3.63) is 23.8 Å². The molecule has 2 unspecified atom stereocenters. The van der Waals surface area contributed by atoms with Crippen molar-refractivity contribution in [1.82, 2.24) is 0 Å². The molecule has 0 bridgehead atoms. The number of rotatable bonds is 2. The van der Waals surface area contributed by atoms with Crippen molar-refractivity contribution in [2.45, 2.75) is 54.5 Å². The van der Waals surface area contributed by atoms with Crippen molar-refractivity contribution in [2.24, 2.45) is 28.6 Å². The van der Waals surface area contributed by atoms with Crippen molar-refractivity contribution < 1.29 is 24.9 Å². The van der Waals surface area contributed by atoms with Crippen LogP contribution in [0.1, 0.15) is 33.1 Å². The van der Waals surface area contributed by atoms with E-state index in [1.165, 1.54) is 0 Å². The summed E-state index contributed by atoms with van der Waals surface area (Å²) < 4.78 is 0. The Balaban J connectivity index is 1.83. The fourth-order valence-corrected chi connectivity index (χ4v) is 8.80. The maximum Gasteiger partial charge on any atom is 0.190 e. The molecule has 4 rings (SSSR count). The number of alkyl halides is 2. The summed E-state index contributed by atoms with van der Waals surface area (Å²) >= 11 is 7.60. The molecule has 3 fully saturated rings. The fourth-order valence-electron chi connectivity index (χ4n) is 6.84. The zero-order chi connectivity index (χ0) is 20.6. The average Bonchev–Trinajstić information content (AvgIpc) is 2.91. The van der Waals surface area contributed by atoms with Crippen molar-refractivity contribution in [3.8, 4) is 0 Å². The molecule has 5 nitrogen and oxygen atoms in total. The lowest BCUT2D eigenvalue weighted by Gasteiger charge is -2.62. The molecule has 0 aromatic heterocycles. The predicted molar refractivity (Wildman–Crippen MR) is 111 cm³/mol. The summed E-state index contributed by atoms with van der Waals surface area (Å²) in [5, 5.41) is 32.0. The Hall–Kier alpha value is -0.340. The van der Waals surface area contributed by atoms with Crippen molar-refractivity contribution in [2.75, 3.05) is 6.61 Å². The van der Waals surface area contributed by atoms with Gasteiger partial charge in [-0.1, -0.05) is 51.8 Å². The van der Waals surface area contributed by atoms with Gasteiger partial charge in [-0.3, -0.25) is 9.59 Å². The maximum absolute atomic E-state index is 12.5. The molecule has 0 saturated heterocycles. The predicted octanol–water partition coefficient (Wildman–Crippen LogP) is 2.30. The number of aliphatic hydroxyl groups is 3. The molecule has 0 radical (unpaired) electrons. The number of ketones is 2. The molecule has 0 aliphatic heterocycles. The number of allylic oxidation sites excluding steroid dienone is 4. The van der Waals surface area contributed by atoms with E-state index >= 15 is 0 Å². The first-order valence-electron chi connectivity index (χ1n) is 9.79. The van der Waals surface area contributed by atoms with Crippen LogP contribution in [0, 0.1) is 28.6 Å². The van der Waals surface area contributed by atoms with E-state index in [4.69, 9.17) is 0 Å². The molecule has 0 aromatic rings. The Kier molecular flexibility index (Phi) is 4.91. The van der Waals surface area contributed by atoms with Crippen molar-refractivity contribution >= 4 is 43.4 Å². The molecule has 3 saturated carbocycles. The number of Topliss-reactive ketones (excluding diaryl/α,β-unsaturated/α-hetero) is 1. The highest BCUT2D eigenvalue weighted by molar-refractivity contribution is 9.12. The van der Waals surface area contributed by atoms with E-state index in [1.54, 1.807) is 12.2 Å². The van der Waals surface area contributed by atoms with Gasteiger partial charge in [0.25, 0.3) is 0 Å². The molecular weight excluding hydrogens is 492 g/mol. The molecule has 7 heteroatoms. The average molecular weight is 518 g/mol. The Bertz CT molecular complexity index is 794. The smallest absolute Gasteiger partial charge is 0.190 e. The third-order valence-corrected chi connectivity index (χ3v) is 11.2. The summed E-state index contributed by atoms with van der Waals surface area (Å²) in [6.07, 6.45) is 5.67. The summed E-state index contributed by atoms with van der Waals surface area (Å²) in [6, 6.07) is 0.